The van der Waals surface area contributed by atoms with Crippen molar-refractivity contribution in [1.29, 1.82) is 0 Å². The van der Waals surface area contributed by atoms with Crippen LogP contribution in [0.5, 0.6) is 5.75 Å². The molecule has 156 valence electrons. The number of aliphatic hydroxyl groups is 1. The monoisotopic (exact) mass is 429 g/mol. The van der Waals surface area contributed by atoms with Crippen LogP contribution in [0.1, 0.15) is 27.9 Å². The molecule has 1 atom stereocenters. The third kappa shape index (κ3) is 5.13. The molecule has 4 aromatic rings. The fourth-order valence-electron chi connectivity index (χ4n) is 3.57. The van der Waals surface area contributed by atoms with Gasteiger partial charge in [-0.1, -0.05) is 71.8 Å². The molecule has 4 rings (SSSR count). The van der Waals surface area contributed by atoms with Crippen LogP contribution in [0.2, 0.25) is 5.02 Å². The number of ether oxygens (including phenoxy) is 1. The number of aromatic nitrogens is 1. The van der Waals surface area contributed by atoms with Crippen LogP contribution in [0.25, 0.3) is 0 Å². The lowest BCUT2D eigenvalue weighted by atomic mass is 9.81. The molecule has 1 aromatic heterocycles. The third-order valence-corrected chi connectivity index (χ3v) is 5.60. The number of halogens is 1. The molecule has 0 amide bonds. The number of nitrogens with zero attached hydrogens (tertiary/aromatic N) is 1. The maximum Gasteiger partial charge on any atom is 0.130 e. The molecule has 0 aliphatic carbocycles. The topological polar surface area (TPSA) is 42.4 Å². The van der Waals surface area contributed by atoms with Crippen molar-refractivity contribution in [2.24, 2.45) is 0 Å². The molecule has 0 radical (unpaired) electrons. The van der Waals surface area contributed by atoms with Gasteiger partial charge in [0.1, 0.15) is 18.0 Å². The molecule has 0 fully saturated rings. The minimum Gasteiger partial charge on any atom is -0.487 e. The second-order valence-electron chi connectivity index (χ2n) is 7.66. The number of hydrogen-bond acceptors (Lipinski definition) is 3. The van der Waals surface area contributed by atoms with Crippen molar-refractivity contribution in [3.8, 4) is 5.75 Å². The second-order valence-corrected chi connectivity index (χ2v) is 8.10. The molecule has 0 aliphatic heterocycles. The van der Waals surface area contributed by atoms with Gasteiger partial charge in [-0.05, 0) is 60.0 Å². The van der Waals surface area contributed by atoms with Crippen LogP contribution in [-0.4, -0.2) is 10.1 Å². The Labute approximate surface area is 187 Å². The van der Waals surface area contributed by atoms with Crippen LogP contribution < -0.4 is 4.74 Å². The standard InChI is InChI=1S/C27H24ClNO2/c1-20-5-9-22(10-6-20)27(30,18-21-7-13-24(28)14-8-21)23-11-15-26(16-12-23)31-19-25-4-2-3-17-29-25/h2-17,30H,18-19H2,1H3. The molecule has 4 heteroatoms. The second kappa shape index (κ2) is 9.34. The fraction of sp³-hybridized carbons (Fsp3) is 0.148. The quantitative estimate of drug-likeness (QED) is 0.386. The van der Waals surface area contributed by atoms with Crippen LogP contribution >= 0.6 is 11.6 Å². The maximum absolute atomic E-state index is 11.9. The predicted molar refractivity (Wildman–Crippen MR) is 124 cm³/mol. The molecule has 0 bridgehead atoms. The smallest absolute Gasteiger partial charge is 0.130 e. The number of hydrogen-bond donors (Lipinski definition) is 1. The SMILES string of the molecule is Cc1ccc(C(O)(Cc2ccc(Cl)cc2)c2ccc(OCc3ccccn3)cc2)cc1. The zero-order valence-electron chi connectivity index (χ0n) is 17.3. The van der Waals surface area contributed by atoms with E-state index in [2.05, 4.69) is 4.98 Å². The van der Waals surface area contributed by atoms with Crippen molar-refractivity contribution >= 4 is 11.6 Å². The van der Waals surface area contributed by atoms with Gasteiger partial charge in [-0.2, -0.15) is 0 Å². The Morgan fingerprint density at radius 2 is 1.48 bits per heavy atom. The molecular weight excluding hydrogens is 406 g/mol. The molecule has 0 aliphatic rings. The number of rotatable bonds is 7. The van der Waals surface area contributed by atoms with Gasteiger partial charge < -0.3 is 9.84 Å². The average molecular weight is 430 g/mol. The number of benzene rings is 3. The van der Waals surface area contributed by atoms with Crippen LogP contribution in [0.15, 0.2) is 97.2 Å². The Morgan fingerprint density at radius 1 is 0.839 bits per heavy atom. The van der Waals surface area contributed by atoms with Crippen molar-refractivity contribution < 1.29 is 9.84 Å². The van der Waals surface area contributed by atoms with E-state index in [4.69, 9.17) is 16.3 Å². The van der Waals surface area contributed by atoms with Gasteiger partial charge >= 0.3 is 0 Å². The summed E-state index contributed by atoms with van der Waals surface area (Å²) in [6.45, 7) is 2.43. The van der Waals surface area contributed by atoms with Crippen LogP contribution in [0.3, 0.4) is 0 Å². The lowest BCUT2D eigenvalue weighted by Crippen LogP contribution is -2.30. The summed E-state index contributed by atoms with van der Waals surface area (Å²) < 4.78 is 5.85. The van der Waals surface area contributed by atoms with E-state index in [1.165, 1.54) is 0 Å². The minimum atomic E-state index is -1.18. The zero-order chi connectivity index (χ0) is 21.7. The average Bonchev–Trinajstić information content (AvgIpc) is 2.80. The maximum atomic E-state index is 11.9. The van der Waals surface area contributed by atoms with Crippen molar-refractivity contribution in [2.75, 3.05) is 0 Å². The Morgan fingerprint density at radius 3 is 2.10 bits per heavy atom. The molecule has 3 nitrogen and oxygen atoms in total. The first-order chi connectivity index (χ1) is 15.0. The van der Waals surface area contributed by atoms with Crippen molar-refractivity contribution in [3.05, 3.63) is 130 Å². The normalized spacial score (nSPS) is 12.9. The zero-order valence-corrected chi connectivity index (χ0v) is 18.1. The summed E-state index contributed by atoms with van der Waals surface area (Å²) in [5, 5.41) is 12.6. The van der Waals surface area contributed by atoms with Crippen LogP contribution in [0.4, 0.5) is 0 Å². The highest BCUT2D eigenvalue weighted by molar-refractivity contribution is 6.30. The molecular formula is C27H24ClNO2. The van der Waals surface area contributed by atoms with Crippen molar-refractivity contribution in [3.63, 3.8) is 0 Å². The molecule has 0 saturated carbocycles. The van der Waals surface area contributed by atoms with E-state index < -0.39 is 5.60 Å². The van der Waals surface area contributed by atoms with E-state index in [9.17, 15) is 5.11 Å². The van der Waals surface area contributed by atoms with E-state index in [0.29, 0.717) is 18.1 Å². The lowest BCUT2D eigenvalue weighted by molar-refractivity contribution is 0.0810. The van der Waals surface area contributed by atoms with Crippen molar-refractivity contribution in [2.45, 2.75) is 25.6 Å². The first kappa shape index (κ1) is 21.1. The van der Waals surface area contributed by atoms with E-state index >= 15 is 0 Å². The van der Waals surface area contributed by atoms with Crippen LogP contribution in [-0.2, 0) is 18.6 Å². The van der Waals surface area contributed by atoms with Gasteiger partial charge in [0.05, 0.1) is 5.69 Å². The molecule has 3 aromatic carbocycles. The number of pyridine rings is 1. The van der Waals surface area contributed by atoms with Gasteiger partial charge in [-0.3, -0.25) is 4.98 Å². The van der Waals surface area contributed by atoms with E-state index in [1.807, 2.05) is 97.9 Å². The predicted octanol–water partition coefficient (Wildman–Crippen LogP) is 6.10. The van der Waals surface area contributed by atoms with Gasteiger partial charge in [-0.25, -0.2) is 0 Å². The molecule has 1 N–H and O–H groups in total. The summed E-state index contributed by atoms with van der Waals surface area (Å²) in [5.41, 5.74) is 3.48. The molecule has 1 unspecified atom stereocenters. The first-order valence-electron chi connectivity index (χ1n) is 10.2. The first-order valence-corrected chi connectivity index (χ1v) is 10.6. The highest BCUT2D eigenvalue weighted by Crippen LogP contribution is 2.35. The molecule has 1 heterocycles. The largest absolute Gasteiger partial charge is 0.487 e. The summed E-state index contributed by atoms with van der Waals surface area (Å²) in [6.07, 6.45) is 2.18. The van der Waals surface area contributed by atoms with Crippen LogP contribution in [0, 0.1) is 6.92 Å². The van der Waals surface area contributed by atoms with Crippen molar-refractivity contribution in [1.82, 2.24) is 4.98 Å². The Hall–Kier alpha value is -3.14. The molecule has 0 saturated heterocycles. The van der Waals surface area contributed by atoms with Gasteiger partial charge in [0.25, 0.3) is 0 Å². The Balaban J connectivity index is 1.61. The fourth-order valence-corrected chi connectivity index (χ4v) is 3.69. The van der Waals surface area contributed by atoms with Gasteiger partial charge in [0.2, 0.25) is 0 Å². The lowest BCUT2D eigenvalue weighted by Gasteiger charge is -2.30. The number of aryl methyl sites for hydroxylation is 1. The van der Waals surface area contributed by atoms with E-state index in [-0.39, 0.29) is 0 Å². The summed E-state index contributed by atoms with van der Waals surface area (Å²) in [7, 11) is 0. The van der Waals surface area contributed by atoms with Gasteiger partial charge in [-0.15, -0.1) is 0 Å². The van der Waals surface area contributed by atoms with Gasteiger partial charge in [0, 0.05) is 17.6 Å². The Kier molecular flexibility index (Phi) is 6.36. The van der Waals surface area contributed by atoms with Gasteiger partial charge in [0.15, 0.2) is 0 Å². The summed E-state index contributed by atoms with van der Waals surface area (Å²) >= 11 is 6.04. The highest BCUT2D eigenvalue weighted by atomic mass is 35.5. The van der Waals surface area contributed by atoms with E-state index in [1.54, 1.807) is 6.20 Å². The minimum absolute atomic E-state index is 0.396. The summed E-state index contributed by atoms with van der Waals surface area (Å²) in [4.78, 5) is 4.28. The Bertz CT molecular complexity index is 1110. The molecule has 0 spiro atoms. The summed E-state index contributed by atoms with van der Waals surface area (Å²) in [6, 6.07) is 29.0. The highest BCUT2D eigenvalue weighted by Gasteiger charge is 2.32. The summed E-state index contributed by atoms with van der Waals surface area (Å²) in [5.74, 6) is 0.729. The molecule has 31 heavy (non-hydrogen) atoms. The third-order valence-electron chi connectivity index (χ3n) is 5.35. The van der Waals surface area contributed by atoms with E-state index in [0.717, 1.165) is 33.7 Å².